The van der Waals surface area contributed by atoms with Crippen molar-refractivity contribution in [2.45, 2.75) is 10.1 Å². The summed E-state index contributed by atoms with van der Waals surface area (Å²) in [6.45, 7) is 0. The Balaban J connectivity index is 2.02. The Morgan fingerprint density at radius 2 is 2.33 bits per heavy atom. The van der Waals surface area contributed by atoms with Gasteiger partial charge in [-0.25, -0.2) is 9.37 Å². The highest BCUT2D eigenvalue weighted by Crippen LogP contribution is 2.25. The fourth-order valence-electron chi connectivity index (χ4n) is 1.09. The van der Waals surface area contributed by atoms with Gasteiger partial charge in [0.15, 0.2) is 0 Å². The van der Waals surface area contributed by atoms with Crippen LogP contribution in [0.4, 0.5) is 10.1 Å². The smallest absolute Gasteiger partial charge is 0.150 e. The van der Waals surface area contributed by atoms with E-state index < -0.39 is 0 Å². The number of halogens is 1. The summed E-state index contributed by atoms with van der Waals surface area (Å²) in [6.07, 6.45) is 1.76. The summed E-state index contributed by atoms with van der Waals surface area (Å²) in [4.78, 5) is 4.13. The molecule has 5 heteroatoms. The van der Waals surface area contributed by atoms with Crippen LogP contribution in [0.15, 0.2) is 34.1 Å². The van der Waals surface area contributed by atoms with Crippen molar-refractivity contribution in [1.29, 1.82) is 0 Å². The van der Waals surface area contributed by atoms with Crippen LogP contribution in [0.3, 0.4) is 0 Å². The summed E-state index contributed by atoms with van der Waals surface area (Å²) < 4.78 is 14.1. The van der Waals surface area contributed by atoms with Gasteiger partial charge in [-0.15, -0.1) is 11.3 Å². The average molecular weight is 240 g/mol. The summed E-state index contributed by atoms with van der Waals surface area (Å²) in [7, 11) is 0. The maximum absolute atomic E-state index is 13.1. The molecule has 0 unspecified atom stereocenters. The maximum atomic E-state index is 13.1. The van der Waals surface area contributed by atoms with Gasteiger partial charge in [-0.05, 0) is 17.7 Å². The molecule has 1 aromatic heterocycles. The SMILES string of the molecule is Nc1ccc(CSc2nccs2)cc1F. The predicted octanol–water partition coefficient (Wildman–Crippen LogP) is 3.16. The molecule has 0 fully saturated rings. The molecule has 0 saturated carbocycles. The molecule has 2 N–H and O–H groups in total. The molecule has 1 aromatic carbocycles. The van der Waals surface area contributed by atoms with Crippen molar-refractivity contribution in [3.05, 3.63) is 41.2 Å². The molecule has 0 saturated heterocycles. The third-order valence-electron chi connectivity index (χ3n) is 1.84. The van der Waals surface area contributed by atoms with Crippen LogP contribution >= 0.6 is 23.1 Å². The van der Waals surface area contributed by atoms with Crippen LogP contribution in [0, 0.1) is 5.82 Å². The van der Waals surface area contributed by atoms with Gasteiger partial charge < -0.3 is 5.73 Å². The first-order valence-corrected chi connectivity index (χ1v) is 6.18. The minimum Gasteiger partial charge on any atom is -0.396 e. The van der Waals surface area contributed by atoms with Crippen molar-refractivity contribution in [3.8, 4) is 0 Å². The molecule has 0 spiro atoms. The van der Waals surface area contributed by atoms with Crippen molar-refractivity contribution < 1.29 is 4.39 Å². The van der Waals surface area contributed by atoms with E-state index in [9.17, 15) is 4.39 Å². The molecule has 2 rings (SSSR count). The minimum absolute atomic E-state index is 0.193. The van der Waals surface area contributed by atoms with Crippen molar-refractivity contribution in [1.82, 2.24) is 4.98 Å². The topological polar surface area (TPSA) is 38.9 Å². The Labute approximate surface area is 95.3 Å². The number of nitrogens with two attached hydrogens (primary N) is 1. The molecule has 1 heterocycles. The van der Waals surface area contributed by atoms with E-state index in [0.29, 0.717) is 5.75 Å². The van der Waals surface area contributed by atoms with E-state index >= 15 is 0 Å². The van der Waals surface area contributed by atoms with Gasteiger partial charge in [-0.3, -0.25) is 0 Å². The van der Waals surface area contributed by atoms with Gasteiger partial charge in [0.1, 0.15) is 10.2 Å². The van der Waals surface area contributed by atoms with Crippen LogP contribution in [0.25, 0.3) is 0 Å². The number of benzene rings is 1. The zero-order valence-electron chi connectivity index (χ0n) is 7.81. The fraction of sp³-hybridized carbons (Fsp3) is 0.100. The first kappa shape index (κ1) is 10.4. The standard InChI is InChI=1S/C10H9FN2S2/c11-8-5-7(1-2-9(8)12)6-15-10-13-3-4-14-10/h1-5H,6,12H2. The largest absolute Gasteiger partial charge is 0.396 e. The van der Waals surface area contributed by atoms with Crippen molar-refractivity contribution >= 4 is 28.8 Å². The molecule has 0 atom stereocenters. The Morgan fingerprint density at radius 1 is 1.47 bits per heavy atom. The third kappa shape index (κ3) is 2.70. The first-order chi connectivity index (χ1) is 7.25. The third-order valence-corrected chi connectivity index (χ3v) is 3.87. The zero-order chi connectivity index (χ0) is 10.7. The normalized spacial score (nSPS) is 10.5. The molecule has 0 amide bonds. The maximum Gasteiger partial charge on any atom is 0.150 e. The van der Waals surface area contributed by atoms with E-state index in [4.69, 9.17) is 5.73 Å². The van der Waals surface area contributed by atoms with Gasteiger partial charge in [-0.2, -0.15) is 0 Å². The van der Waals surface area contributed by atoms with Gasteiger partial charge >= 0.3 is 0 Å². The van der Waals surface area contributed by atoms with Crippen LogP contribution in [0.2, 0.25) is 0 Å². The fourth-order valence-corrected chi connectivity index (χ4v) is 2.67. The molecule has 0 bridgehead atoms. The summed E-state index contributed by atoms with van der Waals surface area (Å²) >= 11 is 3.18. The summed E-state index contributed by atoms with van der Waals surface area (Å²) in [5, 5.41) is 1.92. The van der Waals surface area contributed by atoms with Gasteiger partial charge in [0, 0.05) is 17.3 Å². The van der Waals surface area contributed by atoms with E-state index in [0.717, 1.165) is 9.90 Å². The molecular formula is C10H9FN2S2. The quantitative estimate of drug-likeness (QED) is 0.661. The monoisotopic (exact) mass is 240 g/mol. The van der Waals surface area contributed by atoms with Crippen molar-refractivity contribution in [2.75, 3.05) is 5.73 Å². The van der Waals surface area contributed by atoms with Crippen LogP contribution in [0.5, 0.6) is 0 Å². The lowest BCUT2D eigenvalue weighted by Gasteiger charge is -2.01. The van der Waals surface area contributed by atoms with Crippen molar-refractivity contribution in [3.63, 3.8) is 0 Å². The van der Waals surface area contributed by atoms with E-state index in [2.05, 4.69) is 4.98 Å². The molecular weight excluding hydrogens is 231 g/mol. The lowest BCUT2D eigenvalue weighted by molar-refractivity contribution is 0.631. The second-order valence-corrected chi connectivity index (χ2v) is 5.06. The number of nitrogen functional groups attached to an aromatic ring is 1. The number of nitrogens with zero attached hydrogens (tertiary/aromatic N) is 1. The number of hydrogen-bond acceptors (Lipinski definition) is 4. The Hall–Kier alpha value is -1.07. The van der Waals surface area contributed by atoms with E-state index in [1.807, 2.05) is 11.4 Å². The number of anilines is 1. The van der Waals surface area contributed by atoms with Crippen LogP contribution in [-0.4, -0.2) is 4.98 Å². The Morgan fingerprint density at radius 3 is 3.00 bits per heavy atom. The summed E-state index contributed by atoms with van der Waals surface area (Å²) in [5.74, 6) is 0.359. The first-order valence-electron chi connectivity index (χ1n) is 4.32. The average Bonchev–Trinajstić information content (AvgIpc) is 2.73. The molecule has 2 nitrogen and oxygen atoms in total. The molecule has 0 aliphatic carbocycles. The lowest BCUT2D eigenvalue weighted by Crippen LogP contribution is -1.91. The zero-order valence-corrected chi connectivity index (χ0v) is 9.45. The molecule has 0 aliphatic rings. The highest BCUT2D eigenvalue weighted by Gasteiger charge is 2.02. The number of hydrogen-bond donors (Lipinski definition) is 1. The van der Waals surface area contributed by atoms with Crippen LogP contribution < -0.4 is 5.73 Å². The number of thiazole rings is 1. The highest BCUT2D eigenvalue weighted by molar-refractivity contribution is 8.00. The minimum atomic E-state index is -0.354. The van der Waals surface area contributed by atoms with Crippen LogP contribution in [-0.2, 0) is 5.75 Å². The lowest BCUT2D eigenvalue weighted by atomic mass is 10.2. The number of aromatic nitrogens is 1. The summed E-state index contributed by atoms with van der Waals surface area (Å²) in [6, 6.07) is 4.89. The van der Waals surface area contributed by atoms with Crippen LogP contribution in [0.1, 0.15) is 5.56 Å². The predicted molar refractivity (Wildman–Crippen MR) is 62.5 cm³/mol. The Kier molecular flexibility index (Phi) is 3.23. The van der Waals surface area contributed by atoms with Gasteiger partial charge in [0.05, 0.1) is 5.69 Å². The second-order valence-electron chi connectivity index (χ2n) is 2.94. The molecule has 0 aliphatic heterocycles. The molecule has 2 aromatic rings. The molecule has 78 valence electrons. The Bertz CT molecular complexity index is 443. The van der Waals surface area contributed by atoms with E-state index in [1.54, 1.807) is 35.4 Å². The van der Waals surface area contributed by atoms with Crippen molar-refractivity contribution in [2.24, 2.45) is 0 Å². The molecule has 0 radical (unpaired) electrons. The van der Waals surface area contributed by atoms with Gasteiger partial charge in [0.25, 0.3) is 0 Å². The number of rotatable bonds is 3. The van der Waals surface area contributed by atoms with Gasteiger partial charge in [-0.1, -0.05) is 17.8 Å². The van der Waals surface area contributed by atoms with Gasteiger partial charge in [0.2, 0.25) is 0 Å². The van der Waals surface area contributed by atoms with E-state index in [1.165, 1.54) is 6.07 Å². The number of thioether (sulfide) groups is 1. The highest BCUT2D eigenvalue weighted by atomic mass is 32.2. The van der Waals surface area contributed by atoms with E-state index in [-0.39, 0.29) is 11.5 Å². The second kappa shape index (κ2) is 4.63. The molecule has 15 heavy (non-hydrogen) atoms. The summed E-state index contributed by atoms with van der Waals surface area (Å²) in [5.41, 5.74) is 6.50.